The SMILES string of the molecule is CNCCN(C)c1cc(N)ccc1C(N)=O. The Bertz CT molecular complexity index is 378. The van der Waals surface area contributed by atoms with Crippen LogP contribution >= 0.6 is 0 Å². The molecule has 0 aliphatic rings. The van der Waals surface area contributed by atoms with Crippen LogP contribution in [0.5, 0.6) is 0 Å². The van der Waals surface area contributed by atoms with E-state index in [9.17, 15) is 4.79 Å². The molecule has 5 heteroatoms. The molecule has 1 amide bonds. The van der Waals surface area contributed by atoms with E-state index in [1.807, 2.05) is 19.0 Å². The fraction of sp³-hybridized carbons (Fsp3) is 0.364. The molecule has 0 radical (unpaired) electrons. The van der Waals surface area contributed by atoms with Crippen molar-refractivity contribution < 1.29 is 4.79 Å². The number of nitrogens with zero attached hydrogens (tertiary/aromatic N) is 1. The van der Waals surface area contributed by atoms with E-state index in [0.29, 0.717) is 11.3 Å². The molecule has 1 aromatic rings. The first kappa shape index (κ1) is 12.3. The van der Waals surface area contributed by atoms with E-state index in [0.717, 1.165) is 18.8 Å². The first-order chi connectivity index (χ1) is 7.56. The van der Waals surface area contributed by atoms with E-state index in [2.05, 4.69) is 5.32 Å². The van der Waals surface area contributed by atoms with Crippen molar-refractivity contribution in [3.8, 4) is 0 Å². The van der Waals surface area contributed by atoms with Crippen molar-refractivity contribution in [1.82, 2.24) is 5.32 Å². The Morgan fingerprint density at radius 1 is 1.50 bits per heavy atom. The Morgan fingerprint density at radius 3 is 2.75 bits per heavy atom. The lowest BCUT2D eigenvalue weighted by Gasteiger charge is -2.21. The number of anilines is 2. The lowest BCUT2D eigenvalue weighted by Crippen LogP contribution is -2.29. The Kier molecular flexibility index (Phi) is 4.13. The third-order valence-electron chi connectivity index (χ3n) is 2.40. The van der Waals surface area contributed by atoms with Crippen molar-refractivity contribution in [2.24, 2.45) is 5.73 Å². The average Bonchev–Trinajstić information content (AvgIpc) is 2.25. The number of primary amides is 1. The van der Waals surface area contributed by atoms with Crippen LogP contribution < -0.4 is 21.7 Å². The third-order valence-corrected chi connectivity index (χ3v) is 2.40. The van der Waals surface area contributed by atoms with Crippen LogP contribution in [0.2, 0.25) is 0 Å². The van der Waals surface area contributed by atoms with Crippen molar-refractivity contribution >= 4 is 17.3 Å². The summed E-state index contributed by atoms with van der Waals surface area (Å²) in [6.45, 7) is 1.60. The molecule has 0 fully saturated rings. The number of carbonyl (C=O) groups excluding carboxylic acids is 1. The number of nitrogens with two attached hydrogens (primary N) is 2. The number of likely N-dealkylation sites (N-methyl/N-ethyl adjacent to an activating group) is 2. The van der Waals surface area contributed by atoms with Crippen molar-refractivity contribution in [2.45, 2.75) is 0 Å². The molecular formula is C11H18N4O. The van der Waals surface area contributed by atoms with E-state index in [4.69, 9.17) is 11.5 Å². The molecule has 1 aromatic carbocycles. The number of hydrogen-bond acceptors (Lipinski definition) is 4. The van der Waals surface area contributed by atoms with Gasteiger partial charge in [-0.25, -0.2) is 0 Å². The average molecular weight is 222 g/mol. The molecule has 5 nitrogen and oxygen atoms in total. The fourth-order valence-electron chi connectivity index (χ4n) is 1.47. The van der Waals surface area contributed by atoms with Crippen molar-refractivity contribution in [1.29, 1.82) is 0 Å². The minimum absolute atomic E-state index is 0.439. The Hall–Kier alpha value is -1.75. The number of nitrogen functional groups attached to an aromatic ring is 1. The van der Waals surface area contributed by atoms with Gasteiger partial charge in [0.1, 0.15) is 0 Å². The van der Waals surface area contributed by atoms with E-state index in [1.54, 1.807) is 18.2 Å². The Morgan fingerprint density at radius 2 is 2.19 bits per heavy atom. The lowest BCUT2D eigenvalue weighted by atomic mass is 10.1. The summed E-state index contributed by atoms with van der Waals surface area (Å²) >= 11 is 0. The number of hydrogen-bond donors (Lipinski definition) is 3. The molecule has 0 aliphatic heterocycles. The minimum atomic E-state index is -0.439. The molecule has 0 spiro atoms. The van der Waals surface area contributed by atoms with Gasteiger partial charge in [-0.1, -0.05) is 0 Å². The molecule has 0 saturated heterocycles. The van der Waals surface area contributed by atoms with Gasteiger partial charge in [-0.3, -0.25) is 4.79 Å². The summed E-state index contributed by atoms with van der Waals surface area (Å²) in [5, 5.41) is 3.04. The summed E-state index contributed by atoms with van der Waals surface area (Å²) in [5.74, 6) is -0.439. The van der Waals surface area contributed by atoms with Crippen LogP contribution in [0.25, 0.3) is 0 Å². The number of nitrogens with one attached hydrogen (secondary N) is 1. The first-order valence-electron chi connectivity index (χ1n) is 5.11. The summed E-state index contributed by atoms with van der Waals surface area (Å²) in [6.07, 6.45) is 0. The van der Waals surface area contributed by atoms with E-state index < -0.39 is 5.91 Å². The predicted molar refractivity (Wildman–Crippen MR) is 66.6 cm³/mol. The summed E-state index contributed by atoms with van der Waals surface area (Å²) in [6, 6.07) is 5.09. The van der Waals surface area contributed by atoms with Crippen LogP contribution in [0.3, 0.4) is 0 Å². The molecular weight excluding hydrogens is 204 g/mol. The highest BCUT2D eigenvalue weighted by atomic mass is 16.1. The second-order valence-corrected chi connectivity index (χ2v) is 3.67. The standard InChI is InChI=1S/C11H18N4O/c1-14-5-6-15(2)10-7-8(12)3-4-9(10)11(13)16/h3-4,7,14H,5-6,12H2,1-2H3,(H2,13,16). The van der Waals surface area contributed by atoms with Gasteiger partial charge in [0.2, 0.25) is 0 Å². The minimum Gasteiger partial charge on any atom is -0.399 e. The van der Waals surface area contributed by atoms with Gasteiger partial charge in [-0.05, 0) is 25.2 Å². The Labute approximate surface area is 95.4 Å². The molecule has 0 saturated carbocycles. The molecule has 1 rings (SSSR count). The molecule has 0 bridgehead atoms. The zero-order valence-electron chi connectivity index (χ0n) is 9.66. The van der Waals surface area contributed by atoms with Crippen LogP contribution in [-0.2, 0) is 0 Å². The number of carbonyl (C=O) groups is 1. The van der Waals surface area contributed by atoms with Gasteiger partial charge in [0.25, 0.3) is 5.91 Å². The van der Waals surface area contributed by atoms with Crippen LogP contribution in [0.4, 0.5) is 11.4 Å². The van der Waals surface area contributed by atoms with Crippen LogP contribution in [0.15, 0.2) is 18.2 Å². The predicted octanol–water partition coefficient (Wildman–Crippen LogP) is 0.0233. The summed E-state index contributed by atoms with van der Waals surface area (Å²) < 4.78 is 0. The van der Waals surface area contributed by atoms with Gasteiger partial charge in [-0.15, -0.1) is 0 Å². The van der Waals surface area contributed by atoms with Gasteiger partial charge >= 0.3 is 0 Å². The van der Waals surface area contributed by atoms with Gasteiger partial charge < -0.3 is 21.7 Å². The summed E-state index contributed by atoms with van der Waals surface area (Å²) in [7, 11) is 3.78. The van der Waals surface area contributed by atoms with Crippen molar-refractivity contribution in [3.05, 3.63) is 23.8 Å². The molecule has 88 valence electrons. The maximum absolute atomic E-state index is 11.3. The zero-order valence-corrected chi connectivity index (χ0v) is 9.66. The van der Waals surface area contributed by atoms with Gasteiger partial charge in [0.15, 0.2) is 0 Å². The topological polar surface area (TPSA) is 84.4 Å². The quantitative estimate of drug-likeness (QED) is 0.613. The van der Waals surface area contributed by atoms with Crippen LogP contribution in [0.1, 0.15) is 10.4 Å². The highest BCUT2D eigenvalue weighted by molar-refractivity contribution is 5.99. The van der Waals surface area contributed by atoms with Crippen molar-refractivity contribution in [3.63, 3.8) is 0 Å². The first-order valence-corrected chi connectivity index (χ1v) is 5.11. The number of amides is 1. The zero-order chi connectivity index (χ0) is 12.1. The fourth-order valence-corrected chi connectivity index (χ4v) is 1.47. The smallest absolute Gasteiger partial charge is 0.250 e. The molecule has 16 heavy (non-hydrogen) atoms. The second-order valence-electron chi connectivity index (χ2n) is 3.67. The Balaban J connectivity index is 2.99. The number of benzene rings is 1. The maximum Gasteiger partial charge on any atom is 0.250 e. The largest absolute Gasteiger partial charge is 0.399 e. The highest BCUT2D eigenvalue weighted by Crippen LogP contribution is 2.21. The molecule has 0 aromatic heterocycles. The molecule has 0 atom stereocenters. The molecule has 0 aliphatic carbocycles. The van der Waals surface area contributed by atoms with Gasteiger partial charge in [-0.2, -0.15) is 0 Å². The number of rotatable bonds is 5. The molecule has 5 N–H and O–H groups in total. The van der Waals surface area contributed by atoms with E-state index >= 15 is 0 Å². The highest BCUT2D eigenvalue weighted by Gasteiger charge is 2.11. The maximum atomic E-state index is 11.3. The van der Waals surface area contributed by atoms with Crippen molar-refractivity contribution in [2.75, 3.05) is 37.8 Å². The molecule has 0 unspecified atom stereocenters. The third kappa shape index (κ3) is 2.87. The normalized spacial score (nSPS) is 10.1. The summed E-state index contributed by atoms with van der Waals surface area (Å²) in [4.78, 5) is 13.2. The van der Waals surface area contributed by atoms with E-state index in [1.165, 1.54) is 0 Å². The monoisotopic (exact) mass is 222 g/mol. The summed E-state index contributed by atoms with van der Waals surface area (Å²) in [5.41, 5.74) is 12.9. The lowest BCUT2D eigenvalue weighted by molar-refractivity contribution is 0.100. The molecule has 0 heterocycles. The van der Waals surface area contributed by atoms with E-state index in [-0.39, 0.29) is 0 Å². The van der Waals surface area contributed by atoms with Gasteiger partial charge in [0.05, 0.1) is 11.3 Å². The van der Waals surface area contributed by atoms with Gasteiger partial charge in [0, 0.05) is 25.8 Å². The van der Waals surface area contributed by atoms with Crippen LogP contribution in [-0.4, -0.2) is 33.1 Å². The second kappa shape index (κ2) is 5.37. The van der Waals surface area contributed by atoms with Crippen LogP contribution in [0, 0.1) is 0 Å².